The highest BCUT2D eigenvalue weighted by molar-refractivity contribution is 7.47. The zero-order valence-electron chi connectivity index (χ0n) is 38.7. The number of carbonyl (C=O) groups excluding carboxylic acids is 1. The summed E-state index contributed by atoms with van der Waals surface area (Å²) in [4.78, 5) is 23.1. The Hall–Kier alpha value is -0.920. The molecule has 6 unspecified atom stereocenters. The Morgan fingerprint density at radius 2 is 0.885 bits per heavy atom. The SMILES string of the molecule is CCCC/C=C\CCCCCCCC(=O)OC(COCCCCCCCCCCCCCCCCCCCCCCCCC)COP(=O)(O)OC1C(O)C(O)C(O)C(O)C1O. The van der Waals surface area contributed by atoms with Crippen LogP contribution in [0.2, 0.25) is 0 Å². The number of esters is 1. The first-order valence-corrected chi connectivity index (χ1v) is 26.5. The van der Waals surface area contributed by atoms with E-state index >= 15 is 0 Å². The van der Waals surface area contributed by atoms with Crippen LogP contribution in [0.3, 0.4) is 0 Å². The Bertz CT molecular complexity index is 1060. The van der Waals surface area contributed by atoms with Crippen molar-refractivity contribution < 1.29 is 58.3 Å². The molecular formula is C48H93O12P. The molecule has 0 aromatic heterocycles. The molecule has 0 saturated heterocycles. The average molecular weight is 893 g/mol. The summed E-state index contributed by atoms with van der Waals surface area (Å²) in [7, 11) is -5.01. The van der Waals surface area contributed by atoms with Crippen LogP contribution in [0.4, 0.5) is 0 Å². The molecule has 1 saturated carbocycles. The number of aliphatic hydroxyl groups excluding tert-OH is 5. The van der Waals surface area contributed by atoms with Crippen LogP contribution < -0.4 is 0 Å². The van der Waals surface area contributed by atoms with Crippen molar-refractivity contribution in [2.75, 3.05) is 19.8 Å². The Balaban J connectivity index is 2.27. The average Bonchev–Trinajstić information content (AvgIpc) is 3.24. The molecule has 0 bridgehead atoms. The monoisotopic (exact) mass is 893 g/mol. The van der Waals surface area contributed by atoms with Crippen LogP contribution >= 0.6 is 7.82 Å². The molecule has 1 rings (SSSR count). The van der Waals surface area contributed by atoms with Crippen LogP contribution in [-0.2, 0) is 27.9 Å². The van der Waals surface area contributed by atoms with E-state index in [1.165, 1.54) is 141 Å². The molecule has 61 heavy (non-hydrogen) atoms. The predicted octanol–water partition coefficient (Wildman–Crippen LogP) is 10.7. The van der Waals surface area contributed by atoms with E-state index in [9.17, 15) is 39.8 Å². The number of carbonyl (C=O) groups is 1. The molecule has 1 fully saturated rings. The normalized spacial score (nSPS) is 22.2. The molecule has 0 radical (unpaired) electrons. The van der Waals surface area contributed by atoms with Gasteiger partial charge >= 0.3 is 13.8 Å². The van der Waals surface area contributed by atoms with Gasteiger partial charge in [-0.25, -0.2) is 4.57 Å². The zero-order valence-corrected chi connectivity index (χ0v) is 39.6. The van der Waals surface area contributed by atoms with Gasteiger partial charge in [0.05, 0.1) is 13.2 Å². The summed E-state index contributed by atoms with van der Waals surface area (Å²) >= 11 is 0. The molecule has 0 heterocycles. The van der Waals surface area contributed by atoms with E-state index in [-0.39, 0.29) is 13.0 Å². The lowest BCUT2D eigenvalue weighted by molar-refractivity contribution is -0.220. The third-order valence-electron chi connectivity index (χ3n) is 11.9. The van der Waals surface area contributed by atoms with Crippen LogP contribution in [0.5, 0.6) is 0 Å². The lowest BCUT2D eigenvalue weighted by atomic mass is 9.85. The van der Waals surface area contributed by atoms with Crippen molar-refractivity contribution in [2.45, 2.75) is 268 Å². The van der Waals surface area contributed by atoms with E-state index < -0.39 is 63.1 Å². The van der Waals surface area contributed by atoms with Gasteiger partial charge in [-0.2, -0.15) is 0 Å². The second-order valence-corrected chi connectivity index (χ2v) is 19.1. The minimum absolute atomic E-state index is 0.0743. The molecule has 6 atom stereocenters. The molecule has 6 N–H and O–H groups in total. The maximum atomic E-state index is 12.8. The summed E-state index contributed by atoms with van der Waals surface area (Å²) in [6.07, 6.45) is 31.6. The Morgan fingerprint density at radius 1 is 0.508 bits per heavy atom. The maximum Gasteiger partial charge on any atom is 0.472 e. The van der Waals surface area contributed by atoms with Crippen LogP contribution in [0.25, 0.3) is 0 Å². The summed E-state index contributed by atoms with van der Waals surface area (Å²) in [5.74, 6) is -0.484. The third kappa shape index (κ3) is 31.6. The van der Waals surface area contributed by atoms with Crippen molar-refractivity contribution in [3.05, 3.63) is 12.2 Å². The molecule has 12 nitrogen and oxygen atoms in total. The number of aliphatic hydroxyl groups is 5. The number of ether oxygens (including phenoxy) is 2. The van der Waals surface area contributed by atoms with Gasteiger partial charge in [0.1, 0.15) is 42.7 Å². The number of unbranched alkanes of at least 4 members (excludes halogenated alkanes) is 29. The third-order valence-corrected chi connectivity index (χ3v) is 12.9. The molecule has 0 aliphatic heterocycles. The van der Waals surface area contributed by atoms with Crippen LogP contribution in [-0.4, -0.2) is 98.9 Å². The predicted molar refractivity (Wildman–Crippen MR) is 244 cm³/mol. The maximum absolute atomic E-state index is 12.8. The number of hydrogen-bond acceptors (Lipinski definition) is 11. The lowest BCUT2D eigenvalue weighted by Crippen LogP contribution is -2.64. The largest absolute Gasteiger partial charge is 0.472 e. The zero-order chi connectivity index (χ0) is 44.8. The number of hydrogen-bond donors (Lipinski definition) is 6. The number of rotatable bonds is 43. The summed E-state index contributed by atoms with van der Waals surface area (Å²) in [5.41, 5.74) is 0. The molecule has 1 aliphatic rings. The number of phosphoric acid groups is 1. The van der Waals surface area contributed by atoms with E-state index in [0.717, 1.165) is 57.8 Å². The van der Waals surface area contributed by atoms with Crippen LogP contribution in [0.15, 0.2) is 12.2 Å². The molecule has 13 heteroatoms. The van der Waals surface area contributed by atoms with Crippen molar-refractivity contribution in [3.63, 3.8) is 0 Å². The molecule has 0 spiro atoms. The molecular weight excluding hydrogens is 799 g/mol. The second-order valence-electron chi connectivity index (χ2n) is 17.7. The fraction of sp³-hybridized carbons (Fsp3) is 0.938. The van der Waals surface area contributed by atoms with Crippen molar-refractivity contribution in [1.29, 1.82) is 0 Å². The van der Waals surface area contributed by atoms with Gasteiger partial charge in [0, 0.05) is 13.0 Å². The summed E-state index contributed by atoms with van der Waals surface area (Å²) in [6, 6.07) is 0. The molecule has 0 aromatic rings. The molecule has 0 aromatic carbocycles. The van der Waals surface area contributed by atoms with Gasteiger partial charge in [-0.15, -0.1) is 0 Å². The smallest absolute Gasteiger partial charge is 0.457 e. The van der Waals surface area contributed by atoms with Crippen molar-refractivity contribution in [2.24, 2.45) is 0 Å². The van der Waals surface area contributed by atoms with Gasteiger partial charge in [0.2, 0.25) is 0 Å². The van der Waals surface area contributed by atoms with Crippen LogP contribution in [0.1, 0.15) is 226 Å². The van der Waals surface area contributed by atoms with Gasteiger partial charge in [-0.05, 0) is 32.1 Å². The van der Waals surface area contributed by atoms with E-state index in [2.05, 4.69) is 26.0 Å². The Kier molecular flexibility index (Phi) is 37.6. The van der Waals surface area contributed by atoms with Gasteiger partial charge in [-0.1, -0.05) is 199 Å². The second kappa shape index (κ2) is 39.4. The lowest BCUT2D eigenvalue weighted by Gasteiger charge is -2.41. The van der Waals surface area contributed by atoms with E-state index in [0.29, 0.717) is 13.0 Å². The first-order valence-electron chi connectivity index (χ1n) is 25.0. The van der Waals surface area contributed by atoms with Gasteiger partial charge in [0.25, 0.3) is 0 Å². The highest BCUT2D eigenvalue weighted by atomic mass is 31.2. The van der Waals surface area contributed by atoms with Crippen LogP contribution in [0, 0.1) is 0 Å². The van der Waals surface area contributed by atoms with Gasteiger partial charge in [0.15, 0.2) is 0 Å². The summed E-state index contributed by atoms with van der Waals surface area (Å²) < 4.78 is 34.2. The quantitative estimate of drug-likeness (QED) is 0.0147. The molecule has 0 amide bonds. The molecule has 362 valence electrons. The highest BCUT2D eigenvalue weighted by Crippen LogP contribution is 2.47. The Labute approximate surface area is 371 Å². The summed E-state index contributed by atoms with van der Waals surface area (Å²) in [5, 5.41) is 50.2. The highest BCUT2D eigenvalue weighted by Gasteiger charge is 2.51. The minimum atomic E-state index is -5.01. The topological polar surface area (TPSA) is 192 Å². The Morgan fingerprint density at radius 3 is 1.34 bits per heavy atom. The van der Waals surface area contributed by atoms with Crippen molar-refractivity contribution >= 4 is 13.8 Å². The summed E-state index contributed by atoms with van der Waals surface area (Å²) in [6.45, 7) is 4.24. The van der Waals surface area contributed by atoms with Gasteiger partial charge < -0.3 is 39.9 Å². The van der Waals surface area contributed by atoms with E-state index in [4.69, 9.17) is 18.5 Å². The number of allylic oxidation sites excluding steroid dienone is 2. The van der Waals surface area contributed by atoms with Crippen molar-refractivity contribution in [3.8, 4) is 0 Å². The fourth-order valence-corrected chi connectivity index (χ4v) is 8.84. The minimum Gasteiger partial charge on any atom is -0.457 e. The van der Waals surface area contributed by atoms with Gasteiger partial charge in [-0.3, -0.25) is 13.8 Å². The van der Waals surface area contributed by atoms with E-state index in [1.807, 2.05) is 0 Å². The first kappa shape index (κ1) is 58.1. The molecule has 1 aliphatic carbocycles. The first-order chi connectivity index (χ1) is 29.5. The standard InChI is InChI=1S/C48H93O12P/c1-3-5-7-9-11-13-15-16-17-18-19-20-21-22-23-24-25-26-28-30-32-34-36-38-57-39-41(59-42(49)37-35-33-31-29-27-14-12-10-8-6-4-2)40-58-61(55,56)60-48-46(53)44(51)43(50)45(52)47(48)54/h10,12,41,43-48,50-54H,3-9,11,13-40H2,1-2H3,(H,55,56)/b12-10-. The van der Waals surface area contributed by atoms with E-state index in [1.54, 1.807) is 0 Å². The fourth-order valence-electron chi connectivity index (χ4n) is 7.87. The number of phosphoric ester groups is 1. The van der Waals surface area contributed by atoms with Crippen molar-refractivity contribution in [1.82, 2.24) is 0 Å².